The van der Waals surface area contributed by atoms with E-state index in [2.05, 4.69) is 15.3 Å². The zero-order valence-electron chi connectivity index (χ0n) is 9.34. The molecule has 0 radical (unpaired) electrons. The van der Waals surface area contributed by atoms with E-state index >= 15 is 0 Å². The summed E-state index contributed by atoms with van der Waals surface area (Å²) in [7, 11) is 0. The van der Waals surface area contributed by atoms with Gasteiger partial charge in [-0.25, -0.2) is 4.98 Å². The zero-order valence-corrected chi connectivity index (χ0v) is 9.34. The van der Waals surface area contributed by atoms with Crippen LogP contribution in [0.3, 0.4) is 0 Å². The number of hydrogen-bond donors (Lipinski definition) is 2. The molecular weight excluding hydrogens is 216 g/mol. The summed E-state index contributed by atoms with van der Waals surface area (Å²) in [6.07, 6.45) is 3.23. The van der Waals surface area contributed by atoms with Crippen molar-refractivity contribution in [2.24, 2.45) is 0 Å². The second-order valence-electron chi connectivity index (χ2n) is 3.61. The highest BCUT2D eigenvalue weighted by Crippen LogP contribution is 2.10. The Balaban J connectivity index is 2.20. The van der Waals surface area contributed by atoms with Gasteiger partial charge < -0.3 is 11.1 Å². The predicted molar refractivity (Wildman–Crippen MR) is 65.6 cm³/mol. The monoisotopic (exact) mass is 228 g/mol. The molecule has 0 saturated carbocycles. The molecular formula is C12H12N4O. The molecule has 0 unspecified atom stereocenters. The maximum absolute atomic E-state index is 11.9. The number of nitrogen functional groups attached to an aromatic ring is 1. The minimum atomic E-state index is -0.214. The molecule has 0 atom stereocenters. The number of nitrogens with zero attached hydrogens (tertiary/aromatic N) is 2. The van der Waals surface area contributed by atoms with Crippen LogP contribution in [-0.4, -0.2) is 15.9 Å². The van der Waals surface area contributed by atoms with Crippen LogP contribution in [0.5, 0.6) is 0 Å². The van der Waals surface area contributed by atoms with Gasteiger partial charge in [-0.3, -0.25) is 9.78 Å². The molecule has 2 heterocycles. The summed E-state index contributed by atoms with van der Waals surface area (Å²) in [5.74, 6) is 0.123. The topological polar surface area (TPSA) is 80.9 Å². The van der Waals surface area contributed by atoms with Crippen LogP contribution in [0.15, 0.2) is 36.7 Å². The molecule has 0 fully saturated rings. The Kier molecular flexibility index (Phi) is 3.00. The largest absolute Gasteiger partial charge is 0.384 e. The number of anilines is 2. The Morgan fingerprint density at radius 3 is 2.65 bits per heavy atom. The number of pyridine rings is 2. The van der Waals surface area contributed by atoms with Crippen molar-refractivity contribution in [1.29, 1.82) is 0 Å². The minimum absolute atomic E-state index is 0.214. The molecule has 5 nitrogen and oxygen atoms in total. The van der Waals surface area contributed by atoms with Gasteiger partial charge in [0, 0.05) is 29.3 Å². The summed E-state index contributed by atoms with van der Waals surface area (Å²) in [4.78, 5) is 19.8. The average Bonchev–Trinajstić information content (AvgIpc) is 2.29. The molecule has 0 aromatic carbocycles. The lowest BCUT2D eigenvalue weighted by Crippen LogP contribution is -2.13. The fraction of sp³-hybridized carbons (Fsp3) is 0.0833. The quantitative estimate of drug-likeness (QED) is 0.818. The molecule has 3 N–H and O–H groups in total. The fourth-order valence-electron chi connectivity index (χ4n) is 1.46. The predicted octanol–water partition coefficient (Wildman–Crippen LogP) is 1.62. The number of carbonyl (C=O) groups excluding carboxylic acids is 1. The van der Waals surface area contributed by atoms with E-state index in [9.17, 15) is 4.79 Å². The van der Waals surface area contributed by atoms with Crippen LogP contribution in [0.25, 0.3) is 0 Å². The van der Waals surface area contributed by atoms with Crippen LogP contribution < -0.4 is 11.1 Å². The standard InChI is InChI=1S/C12H12N4O/c1-8-6-9(7-11(13)15-8)12(17)16-10-2-4-14-5-3-10/h2-7H,1H3,(H2,13,15)(H,14,16,17). The summed E-state index contributed by atoms with van der Waals surface area (Å²) in [5.41, 5.74) is 7.49. The second-order valence-corrected chi connectivity index (χ2v) is 3.61. The average molecular weight is 228 g/mol. The van der Waals surface area contributed by atoms with Crippen molar-refractivity contribution >= 4 is 17.4 Å². The van der Waals surface area contributed by atoms with Crippen LogP contribution in [0.2, 0.25) is 0 Å². The van der Waals surface area contributed by atoms with Crippen molar-refractivity contribution in [3.8, 4) is 0 Å². The zero-order chi connectivity index (χ0) is 12.3. The molecule has 2 rings (SSSR count). The molecule has 5 heteroatoms. The van der Waals surface area contributed by atoms with E-state index in [0.29, 0.717) is 22.8 Å². The number of rotatable bonds is 2. The van der Waals surface area contributed by atoms with Gasteiger partial charge in [0.15, 0.2) is 0 Å². The van der Waals surface area contributed by atoms with E-state index in [1.165, 1.54) is 0 Å². The van der Waals surface area contributed by atoms with Crippen molar-refractivity contribution in [1.82, 2.24) is 9.97 Å². The lowest BCUT2D eigenvalue weighted by molar-refractivity contribution is 0.102. The Labute approximate surface area is 98.7 Å². The van der Waals surface area contributed by atoms with E-state index in [0.717, 1.165) is 0 Å². The van der Waals surface area contributed by atoms with E-state index in [1.807, 2.05) is 0 Å². The SMILES string of the molecule is Cc1cc(C(=O)Nc2ccncc2)cc(N)n1. The molecule has 0 saturated heterocycles. The van der Waals surface area contributed by atoms with Crippen LogP contribution >= 0.6 is 0 Å². The van der Waals surface area contributed by atoms with Crippen LogP contribution in [0, 0.1) is 6.92 Å². The highest BCUT2D eigenvalue weighted by Gasteiger charge is 2.07. The highest BCUT2D eigenvalue weighted by molar-refractivity contribution is 6.04. The van der Waals surface area contributed by atoms with E-state index in [1.54, 1.807) is 43.6 Å². The number of carbonyl (C=O) groups is 1. The third-order valence-electron chi connectivity index (χ3n) is 2.17. The first-order chi connectivity index (χ1) is 8.15. The molecule has 0 aliphatic carbocycles. The van der Waals surface area contributed by atoms with Crippen molar-refractivity contribution in [3.05, 3.63) is 47.9 Å². The highest BCUT2D eigenvalue weighted by atomic mass is 16.1. The van der Waals surface area contributed by atoms with Gasteiger partial charge in [-0.05, 0) is 31.2 Å². The molecule has 0 bridgehead atoms. The molecule has 2 aromatic rings. The van der Waals surface area contributed by atoms with Gasteiger partial charge in [0.05, 0.1) is 0 Å². The van der Waals surface area contributed by atoms with Crippen LogP contribution in [0.1, 0.15) is 16.1 Å². The van der Waals surface area contributed by atoms with Crippen molar-refractivity contribution in [3.63, 3.8) is 0 Å². The first kappa shape index (κ1) is 11.1. The normalized spacial score (nSPS) is 9.94. The van der Waals surface area contributed by atoms with Gasteiger partial charge in [0.1, 0.15) is 5.82 Å². The molecule has 0 aliphatic heterocycles. The molecule has 1 amide bonds. The smallest absolute Gasteiger partial charge is 0.255 e. The van der Waals surface area contributed by atoms with Gasteiger partial charge in [-0.15, -0.1) is 0 Å². The third-order valence-corrected chi connectivity index (χ3v) is 2.17. The summed E-state index contributed by atoms with van der Waals surface area (Å²) < 4.78 is 0. The first-order valence-electron chi connectivity index (χ1n) is 5.11. The van der Waals surface area contributed by atoms with Crippen LogP contribution in [-0.2, 0) is 0 Å². The maximum Gasteiger partial charge on any atom is 0.255 e. The van der Waals surface area contributed by atoms with Crippen molar-refractivity contribution in [2.75, 3.05) is 11.1 Å². The third kappa shape index (κ3) is 2.78. The Morgan fingerprint density at radius 1 is 1.29 bits per heavy atom. The maximum atomic E-state index is 11.9. The molecule has 2 aromatic heterocycles. The Morgan fingerprint density at radius 2 is 2.00 bits per heavy atom. The summed E-state index contributed by atoms with van der Waals surface area (Å²) in [5, 5.41) is 2.75. The lowest BCUT2D eigenvalue weighted by Gasteiger charge is -2.06. The summed E-state index contributed by atoms with van der Waals surface area (Å²) in [6.45, 7) is 1.79. The van der Waals surface area contributed by atoms with E-state index < -0.39 is 0 Å². The van der Waals surface area contributed by atoms with Crippen molar-refractivity contribution in [2.45, 2.75) is 6.92 Å². The number of amides is 1. The van der Waals surface area contributed by atoms with Gasteiger partial charge in [-0.2, -0.15) is 0 Å². The minimum Gasteiger partial charge on any atom is -0.384 e. The number of aryl methyl sites for hydroxylation is 1. The number of hydrogen-bond acceptors (Lipinski definition) is 4. The van der Waals surface area contributed by atoms with Gasteiger partial charge in [0.2, 0.25) is 0 Å². The second kappa shape index (κ2) is 4.61. The summed E-state index contributed by atoms with van der Waals surface area (Å²) in [6, 6.07) is 6.67. The molecule has 17 heavy (non-hydrogen) atoms. The number of nitrogens with two attached hydrogens (primary N) is 1. The summed E-state index contributed by atoms with van der Waals surface area (Å²) >= 11 is 0. The molecule has 0 aliphatic rings. The van der Waals surface area contributed by atoms with Gasteiger partial charge in [0.25, 0.3) is 5.91 Å². The van der Waals surface area contributed by atoms with Gasteiger partial charge >= 0.3 is 0 Å². The van der Waals surface area contributed by atoms with Crippen molar-refractivity contribution < 1.29 is 4.79 Å². The fourth-order valence-corrected chi connectivity index (χ4v) is 1.46. The number of nitrogens with one attached hydrogen (secondary N) is 1. The van der Waals surface area contributed by atoms with Crippen LogP contribution in [0.4, 0.5) is 11.5 Å². The number of aromatic nitrogens is 2. The Bertz CT molecular complexity index is 519. The Hall–Kier alpha value is -2.43. The molecule has 86 valence electrons. The lowest BCUT2D eigenvalue weighted by atomic mass is 10.2. The molecule has 0 spiro atoms. The van der Waals surface area contributed by atoms with E-state index in [4.69, 9.17) is 5.73 Å². The first-order valence-corrected chi connectivity index (χ1v) is 5.11. The van der Waals surface area contributed by atoms with E-state index in [-0.39, 0.29) is 5.91 Å². The van der Waals surface area contributed by atoms with Gasteiger partial charge in [-0.1, -0.05) is 0 Å².